The zero-order valence-electron chi connectivity index (χ0n) is 21.3. The number of hydrogen-bond acceptors (Lipinski definition) is 7. The molecule has 1 fully saturated rings. The lowest BCUT2D eigenvalue weighted by atomic mass is 9.95. The first kappa shape index (κ1) is 25.9. The summed E-state index contributed by atoms with van der Waals surface area (Å²) in [5.74, 6) is -0.558. The second-order valence-electron chi connectivity index (χ2n) is 8.95. The molecule has 1 aromatic heterocycles. The number of aliphatic hydroxyl groups is 1. The Morgan fingerprint density at radius 2 is 1.73 bits per heavy atom. The fourth-order valence-electron chi connectivity index (χ4n) is 4.25. The van der Waals surface area contributed by atoms with Crippen molar-refractivity contribution in [2.75, 3.05) is 33.8 Å². The number of carbonyl (C=O) groups is 2. The molecule has 1 N–H and O–H groups in total. The maximum absolute atomic E-state index is 13.2. The van der Waals surface area contributed by atoms with Gasteiger partial charge in [-0.25, -0.2) is 0 Å². The van der Waals surface area contributed by atoms with Crippen LogP contribution in [0, 0.1) is 0 Å². The normalized spacial score (nSPS) is 16.9. The van der Waals surface area contributed by atoms with Gasteiger partial charge in [0.15, 0.2) is 11.5 Å². The molecule has 0 bridgehead atoms. The molecule has 2 heterocycles. The highest BCUT2D eigenvalue weighted by molar-refractivity contribution is 6.46. The topological polar surface area (TPSA) is 92.2 Å². The van der Waals surface area contributed by atoms with Crippen LogP contribution in [0.5, 0.6) is 11.5 Å². The van der Waals surface area contributed by atoms with Gasteiger partial charge >= 0.3 is 0 Å². The minimum absolute atomic E-state index is 0.0374. The summed E-state index contributed by atoms with van der Waals surface area (Å²) in [6.45, 7) is 3.51. The molecule has 4 rings (SSSR count). The average molecular weight is 502 g/mol. The molecule has 1 aliphatic heterocycles. The molecular weight excluding hydrogens is 470 g/mol. The molecule has 0 spiro atoms. The molecule has 1 saturated heterocycles. The quantitative estimate of drug-likeness (QED) is 0.255. The lowest BCUT2D eigenvalue weighted by molar-refractivity contribution is -0.140. The number of likely N-dealkylation sites (tertiary alicyclic amines) is 1. The van der Waals surface area contributed by atoms with Crippen molar-refractivity contribution in [2.24, 2.45) is 0 Å². The number of hydrogen-bond donors (Lipinski definition) is 1. The van der Waals surface area contributed by atoms with Gasteiger partial charge in [0.2, 0.25) is 0 Å². The predicted octanol–water partition coefficient (Wildman–Crippen LogP) is 4.04. The summed E-state index contributed by atoms with van der Waals surface area (Å²) in [5, 5.41) is 11.2. The van der Waals surface area contributed by atoms with Crippen molar-refractivity contribution in [1.29, 1.82) is 0 Å². The molecule has 1 atom stereocenters. The highest BCUT2D eigenvalue weighted by Gasteiger charge is 2.46. The highest BCUT2D eigenvalue weighted by Crippen LogP contribution is 2.42. The van der Waals surface area contributed by atoms with E-state index in [-0.39, 0.29) is 11.3 Å². The van der Waals surface area contributed by atoms with E-state index in [1.165, 1.54) is 17.3 Å². The number of pyridine rings is 1. The van der Waals surface area contributed by atoms with E-state index in [0.29, 0.717) is 48.9 Å². The smallest absolute Gasteiger partial charge is 0.295 e. The van der Waals surface area contributed by atoms with Crippen LogP contribution in [0.4, 0.5) is 0 Å². The van der Waals surface area contributed by atoms with Crippen LogP contribution in [-0.2, 0) is 16.2 Å². The largest absolute Gasteiger partial charge is 0.507 e. The molecule has 192 valence electrons. The number of aromatic nitrogens is 1. The summed E-state index contributed by atoms with van der Waals surface area (Å²) in [5.41, 5.74) is 2.11. The number of ether oxygens (including phenoxy) is 2. The van der Waals surface area contributed by atoms with Crippen LogP contribution in [0.25, 0.3) is 5.76 Å². The van der Waals surface area contributed by atoms with Crippen molar-refractivity contribution in [3.05, 3.63) is 95.3 Å². The first-order valence-corrected chi connectivity index (χ1v) is 12.2. The summed E-state index contributed by atoms with van der Waals surface area (Å²) in [4.78, 5) is 33.7. The minimum atomic E-state index is -0.782. The maximum atomic E-state index is 13.2. The van der Waals surface area contributed by atoms with Gasteiger partial charge in [0.25, 0.3) is 11.7 Å². The van der Waals surface area contributed by atoms with Gasteiger partial charge in [0.05, 0.1) is 18.2 Å². The molecule has 37 heavy (non-hydrogen) atoms. The van der Waals surface area contributed by atoms with Gasteiger partial charge in [0, 0.05) is 31.0 Å². The Morgan fingerprint density at radius 3 is 2.41 bits per heavy atom. The van der Waals surface area contributed by atoms with Crippen molar-refractivity contribution < 1.29 is 24.2 Å². The van der Waals surface area contributed by atoms with Gasteiger partial charge in [-0.3, -0.25) is 14.6 Å². The van der Waals surface area contributed by atoms with E-state index in [0.717, 1.165) is 5.56 Å². The maximum Gasteiger partial charge on any atom is 0.295 e. The second-order valence-corrected chi connectivity index (χ2v) is 8.95. The van der Waals surface area contributed by atoms with E-state index in [1.54, 1.807) is 24.3 Å². The highest BCUT2D eigenvalue weighted by atomic mass is 16.5. The lowest BCUT2D eigenvalue weighted by Gasteiger charge is -2.27. The zero-order chi connectivity index (χ0) is 26.4. The second kappa shape index (κ2) is 11.7. The third kappa shape index (κ3) is 5.81. The Kier molecular flexibility index (Phi) is 8.20. The van der Waals surface area contributed by atoms with Gasteiger partial charge in [0.1, 0.15) is 12.4 Å². The zero-order valence-corrected chi connectivity index (χ0v) is 21.3. The molecule has 1 aliphatic rings. The number of carbonyl (C=O) groups excluding carboxylic acids is 2. The van der Waals surface area contributed by atoms with Gasteiger partial charge in [-0.1, -0.05) is 36.4 Å². The third-order valence-electron chi connectivity index (χ3n) is 6.10. The molecule has 8 nitrogen and oxygen atoms in total. The average Bonchev–Trinajstić information content (AvgIpc) is 3.17. The van der Waals surface area contributed by atoms with Crippen LogP contribution in [0.3, 0.4) is 0 Å². The fraction of sp³-hybridized carbons (Fsp3) is 0.276. The standard InChI is InChI=1S/C29H31N3O5/c1-4-36-24-18-22(10-11-23(24)37-19-20-8-6-5-7-9-20)26-25(27(33)21-12-14-30-15-13-21)28(34)29(35)32(26)17-16-31(2)3/h5-15,18,26,33H,4,16-17,19H2,1-3H3. The van der Waals surface area contributed by atoms with Crippen molar-refractivity contribution in [3.8, 4) is 11.5 Å². The number of aliphatic hydroxyl groups excluding tert-OH is 1. The van der Waals surface area contributed by atoms with Crippen LogP contribution < -0.4 is 9.47 Å². The van der Waals surface area contributed by atoms with Crippen molar-refractivity contribution in [2.45, 2.75) is 19.6 Å². The first-order chi connectivity index (χ1) is 17.9. The Morgan fingerprint density at radius 1 is 1.00 bits per heavy atom. The van der Waals surface area contributed by atoms with Gasteiger partial charge < -0.3 is 24.4 Å². The van der Waals surface area contributed by atoms with E-state index in [4.69, 9.17) is 9.47 Å². The molecule has 0 saturated carbocycles. The minimum Gasteiger partial charge on any atom is -0.507 e. The number of nitrogens with zero attached hydrogens (tertiary/aromatic N) is 3. The lowest BCUT2D eigenvalue weighted by Crippen LogP contribution is -2.35. The van der Waals surface area contributed by atoms with Crippen LogP contribution in [0.1, 0.15) is 29.7 Å². The van der Waals surface area contributed by atoms with E-state index >= 15 is 0 Å². The summed E-state index contributed by atoms with van der Waals surface area (Å²) in [7, 11) is 3.79. The predicted molar refractivity (Wildman–Crippen MR) is 140 cm³/mol. The summed E-state index contributed by atoms with van der Waals surface area (Å²) in [6, 6.07) is 17.6. The third-order valence-corrected chi connectivity index (χ3v) is 6.10. The molecule has 0 radical (unpaired) electrons. The molecule has 3 aromatic rings. The Balaban J connectivity index is 1.76. The van der Waals surface area contributed by atoms with E-state index in [9.17, 15) is 14.7 Å². The summed E-state index contributed by atoms with van der Waals surface area (Å²) in [6.07, 6.45) is 3.05. The Hall–Kier alpha value is -4.17. The van der Waals surface area contributed by atoms with Crippen LogP contribution in [-0.4, -0.2) is 65.4 Å². The van der Waals surface area contributed by atoms with Crippen molar-refractivity contribution >= 4 is 17.4 Å². The molecule has 8 heteroatoms. The van der Waals surface area contributed by atoms with Gasteiger partial charge in [-0.15, -0.1) is 0 Å². The van der Waals surface area contributed by atoms with E-state index < -0.39 is 17.7 Å². The number of Topliss-reactive ketones (excluding diaryl/α,β-unsaturated/α-hetero) is 1. The van der Waals surface area contributed by atoms with E-state index in [2.05, 4.69) is 4.98 Å². The number of likely N-dealkylation sites (N-methyl/N-ethyl adjacent to an activating group) is 1. The molecule has 1 unspecified atom stereocenters. The molecule has 0 aliphatic carbocycles. The number of benzene rings is 2. The van der Waals surface area contributed by atoms with Crippen LogP contribution in [0.15, 0.2) is 78.6 Å². The number of amides is 1. The summed E-state index contributed by atoms with van der Waals surface area (Å²) < 4.78 is 11.9. The van der Waals surface area contributed by atoms with Crippen LogP contribution in [0.2, 0.25) is 0 Å². The Labute approximate surface area is 216 Å². The monoisotopic (exact) mass is 501 g/mol. The van der Waals surface area contributed by atoms with Crippen molar-refractivity contribution in [1.82, 2.24) is 14.8 Å². The number of rotatable bonds is 10. The molecule has 2 aromatic carbocycles. The summed E-state index contributed by atoms with van der Waals surface area (Å²) >= 11 is 0. The number of ketones is 1. The fourth-order valence-corrected chi connectivity index (χ4v) is 4.25. The molecule has 1 amide bonds. The SMILES string of the molecule is CCOc1cc(C2C(=C(O)c3ccncc3)C(=O)C(=O)N2CCN(C)C)ccc1OCc1ccccc1. The van der Waals surface area contributed by atoms with Crippen LogP contribution >= 0.6 is 0 Å². The van der Waals surface area contributed by atoms with Gasteiger partial charge in [-0.2, -0.15) is 0 Å². The van der Waals surface area contributed by atoms with Crippen molar-refractivity contribution in [3.63, 3.8) is 0 Å². The first-order valence-electron chi connectivity index (χ1n) is 12.2. The Bertz CT molecular complexity index is 1280. The van der Waals surface area contributed by atoms with Gasteiger partial charge in [-0.05, 0) is 56.4 Å². The van der Waals surface area contributed by atoms with E-state index in [1.807, 2.05) is 62.3 Å². The molecular formula is C29H31N3O5.